The number of hydrogen-bond donors (Lipinski definition) is 2. The molecule has 1 unspecified atom stereocenters. The van der Waals surface area contributed by atoms with Crippen molar-refractivity contribution in [3.63, 3.8) is 0 Å². The molecule has 0 bridgehead atoms. The highest BCUT2D eigenvalue weighted by Crippen LogP contribution is 2.29. The molecule has 1 heterocycles. The van der Waals surface area contributed by atoms with Gasteiger partial charge >= 0.3 is 6.18 Å². The van der Waals surface area contributed by atoms with Gasteiger partial charge in [-0.25, -0.2) is 0 Å². The van der Waals surface area contributed by atoms with Crippen LogP contribution in [0.3, 0.4) is 0 Å². The van der Waals surface area contributed by atoms with Gasteiger partial charge in [-0.05, 0) is 36.2 Å². The number of benzene rings is 2. The lowest BCUT2D eigenvalue weighted by Crippen LogP contribution is -2.44. The molecule has 1 atom stereocenters. The summed E-state index contributed by atoms with van der Waals surface area (Å²) >= 11 is 0. The second-order valence-corrected chi connectivity index (χ2v) is 6.54. The number of para-hydroxylation sites is 1. The minimum atomic E-state index is -4.33. The van der Waals surface area contributed by atoms with Crippen molar-refractivity contribution in [3.8, 4) is 0 Å². The van der Waals surface area contributed by atoms with Gasteiger partial charge in [0.25, 0.3) is 0 Å². The van der Waals surface area contributed by atoms with Crippen LogP contribution in [0.2, 0.25) is 0 Å². The van der Waals surface area contributed by atoms with E-state index < -0.39 is 11.7 Å². The van der Waals surface area contributed by atoms with Gasteiger partial charge in [0.05, 0.1) is 5.56 Å². The number of aliphatic imine (C=N–C) groups is 1. The summed E-state index contributed by atoms with van der Waals surface area (Å²) < 4.78 is 38.5. The average Bonchev–Trinajstić information content (AvgIpc) is 3.14. The van der Waals surface area contributed by atoms with E-state index in [0.717, 1.165) is 31.6 Å². The maximum Gasteiger partial charge on any atom is 0.416 e. The van der Waals surface area contributed by atoms with E-state index >= 15 is 0 Å². The first-order valence-corrected chi connectivity index (χ1v) is 8.89. The molecule has 2 aromatic carbocycles. The number of anilines is 1. The lowest BCUT2D eigenvalue weighted by Gasteiger charge is -2.20. The van der Waals surface area contributed by atoms with E-state index in [4.69, 9.17) is 0 Å². The lowest BCUT2D eigenvalue weighted by molar-refractivity contribution is -0.137. The predicted octanol–water partition coefficient (Wildman–Crippen LogP) is 4.27. The van der Waals surface area contributed by atoms with Gasteiger partial charge in [-0.2, -0.15) is 13.2 Å². The van der Waals surface area contributed by atoms with Crippen LogP contribution in [0.5, 0.6) is 0 Å². The standard InChI is InChI=1S/C20H23F3N4.HI/c1-24-19(25-13-15-6-5-7-16(12-15)20(21,22)23)26-17-10-11-27(14-17)18-8-3-2-4-9-18;/h2-9,12,17H,10-11,13-14H2,1H3,(H2,24,25,26);1H. The van der Waals surface area contributed by atoms with Crippen molar-refractivity contribution in [2.24, 2.45) is 4.99 Å². The molecule has 1 aliphatic heterocycles. The van der Waals surface area contributed by atoms with E-state index in [9.17, 15) is 13.2 Å². The molecule has 2 aromatic rings. The Labute approximate surface area is 180 Å². The maximum atomic E-state index is 12.8. The van der Waals surface area contributed by atoms with Gasteiger partial charge in [-0.15, -0.1) is 24.0 Å². The first-order valence-electron chi connectivity index (χ1n) is 8.89. The van der Waals surface area contributed by atoms with Crippen LogP contribution in [-0.4, -0.2) is 32.1 Å². The van der Waals surface area contributed by atoms with Crippen LogP contribution in [-0.2, 0) is 12.7 Å². The number of alkyl halides is 3. The van der Waals surface area contributed by atoms with E-state index in [1.165, 1.54) is 11.8 Å². The Morgan fingerprint density at radius 3 is 2.57 bits per heavy atom. The van der Waals surface area contributed by atoms with E-state index in [1.807, 2.05) is 18.2 Å². The van der Waals surface area contributed by atoms with Crippen molar-refractivity contribution in [1.29, 1.82) is 0 Å². The number of guanidine groups is 1. The van der Waals surface area contributed by atoms with Crippen molar-refractivity contribution < 1.29 is 13.2 Å². The highest BCUT2D eigenvalue weighted by Gasteiger charge is 2.30. The molecule has 0 radical (unpaired) electrons. The Morgan fingerprint density at radius 1 is 1.14 bits per heavy atom. The third kappa shape index (κ3) is 6.02. The predicted molar refractivity (Wildman–Crippen MR) is 117 cm³/mol. The van der Waals surface area contributed by atoms with E-state index in [2.05, 4.69) is 32.7 Å². The Hall–Kier alpha value is -1.97. The van der Waals surface area contributed by atoms with Crippen LogP contribution >= 0.6 is 24.0 Å². The summed E-state index contributed by atoms with van der Waals surface area (Å²) in [5.74, 6) is 0.590. The van der Waals surface area contributed by atoms with Crippen LogP contribution in [0.25, 0.3) is 0 Å². The van der Waals surface area contributed by atoms with Crippen LogP contribution in [0.15, 0.2) is 59.6 Å². The summed E-state index contributed by atoms with van der Waals surface area (Å²) in [7, 11) is 1.66. The smallest absolute Gasteiger partial charge is 0.369 e. The third-order valence-electron chi connectivity index (χ3n) is 4.59. The molecular formula is C20H24F3IN4. The fraction of sp³-hybridized carbons (Fsp3) is 0.350. The van der Waals surface area contributed by atoms with Gasteiger partial charge in [0, 0.05) is 38.4 Å². The zero-order valence-electron chi connectivity index (χ0n) is 15.5. The molecule has 1 aliphatic rings. The van der Waals surface area contributed by atoms with Gasteiger partial charge in [0.2, 0.25) is 0 Å². The summed E-state index contributed by atoms with van der Waals surface area (Å²) in [5, 5.41) is 6.45. The summed E-state index contributed by atoms with van der Waals surface area (Å²) in [4.78, 5) is 6.49. The maximum absolute atomic E-state index is 12.8. The second-order valence-electron chi connectivity index (χ2n) is 6.54. The van der Waals surface area contributed by atoms with Crippen molar-refractivity contribution in [3.05, 3.63) is 65.7 Å². The van der Waals surface area contributed by atoms with Gasteiger partial charge in [-0.1, -0.05) is 30.3 Å². The van der Waals surface area contributed by atoms with Gasteiger partial charge < -0.3 is 15.5 Å². The number of hydrogen-bond acceptors (Lipinski definition) is 2. The zero-order valence-corrected chi connectivity index (χ0v) is 17.9. The van der Waals surface area contributed by atoms with E-state index in [-0.39, 0.29) is 36.6 Å². The molecule has 8 heteroatoms. The molecule has 28 heavy (non-hydrogen) atoms. The van der Waals surface area contributed by atoms with E-state index in [0.29, 0.717) is 11.5 Å². The fourth-order valence-electron chi connectivity index (χ4n) is 3.18. The lowest BCUT2D eigenvalue weighted by atomic mass is 10.1. The largest absolute Gasteiger partial charge is 0.416 e. The van der Waals surface area contributed by atoms with Gasteiger partial charge in [-0.3, -0.25) is 4.99 Å². The Balaban J connectivity index is 0.00000280. The van der Waals surface area contributed by atoms with Crippen molar-refractivity contribution in [1.82, 2.24) is 10.6 Å². The average molecular weight is 504 g/mol. The summed E-state index contributed by atoms with van der Waals surface area (Å²) in [6.07, 6.45) is -3.36. The quantitative estimate of drug-likeness (QED) is 0.372. The summed E-state index contributed by atoms with van der Waals surface area (Å²) in [5.41, 5.74) is 1.11. The minimum absolute atomic E-state index is 0. The first-order chi connectivity index (χ1) is 13.0. The SMILES string of the molecule is CN=C(NCc1cccc(C(F)(F)F)c1)NC1CCN(c2ccccc2)C1.I. The highest BCUT2D eigenvalue weighted by molar-refractivity contribution is 14.0. The Bertz CT molecular complexity index is 781. The third-order valence-corrected chi connectivity index (χ3v) is 4.59. The molecule has 0 saturated carbocycles. The number of nitrogens with one attached hydrogen (secondary N) is 2. The van der Waals surface area contributed by atoms with Crippen molar-refractivity contribution >= 4 is 35.6 Å². The normalized spacial score (nSPS) is 17.2. The molecule has 0 aromatic heterocycles. The van der Waals surface area contributed by atoms with Crippen molar-refractivity contribution in [2.45, 2.75) is 25.2 Å². The molecule has 0 spiro atoms. The molecule has 2 N–H and O–H groups in total. The molecule has 152 valence electrons. The second kappa shape index (κ2) is 9.99. The highest BCUT2D eigenvalue weighted by atomic mass is 127. The van der Waals surface area contributed by atoms with Crippen LogP contribution < -0.4 is 15.5 Å². The van der Waals surface area contributed by atoms with Crippen LogP contribution in [0.1, 0.15) is 17.5 Å². The molecule has 1 fully saturated rings. The Kier molecular flexibility index (Phi) is 7.97. The number of nitrogens with zero attached hydrogens (tertiary/aromatic N) is 2. The fourth-order valence-corrected chi connectivity index (χ4v) is 3.18. The van der Waals surface area contributed by atoms with Crippen LogP contribution in [0.4, 0.5) is 18.9 Å². The monoisotopic (exact) mass is 504 g/mol. The molecular weight excluding hydrogens is 480 g/mol. The van der Waals surface area contributed by atoms with Crippen molar-refractivity contribution in [2.75, 3.05) is 25.0 Å². The molecule has 0 amide bonds. The summed E-state index contributed by atoms with van der Waals surface area (Å²) in [6.45, 7) is 2.08. The zero-order chi connectivity index (χ0) is 19.3. The molecule has 0 aliphatic carbocycles. The Morgan fingerprint density at radius 2 is 1.89 bits per heavy atom. The minimum Gasteiger partial charge on any atom is -0.369 e. The number of rotatable bonds is 4. The van der Waals surface area contributed by atoms with E-state index in [1.54, 1.807) is 13.1 Å². The molecule has 3 rings (SSSR count). The van der Waals surface area contributed by atoms with Gasteiger partial charge in [0.15, 0.2) is 5.96 Å². The topological polar surface area (TPSA) is 39.7 Å². The summed E-state index contributed by atoms with van der Waals surface area (Å²) in [6, 6.07) is 15.8. The first kappa shape index (κ1) is 22.3. The molecule has 4 nitrogen and oxygen atoms in total. The van der Waals surface area contributed by atoms with Gasteiger partial charge in [0.1, 0.15) is 0 Å². The number of halogens is 4. The van der Waals surface area contributed by atoms with Crippen LogP contribution in [0, 0.1) is 0 Å². The molecule has 1 saturated heterocycles.